The molecule has 1 aliphatic heterocycles. The molecule has 1 fully saturated rings. The molecule has 0 radical (unpaired) electrons. The minimum atomic E-state index is -2.82. The van der Waals surface area contributed by atoms with Gasteiger partial charge in [-0.15, -0.1) is 12.4 Å². The lowest BCUT2D eigenvalue weighted by molar-refractivity contribution is -0.118. The fraction of sp³-hybridized carbons (Fsp3) is 0.615. The zero-order valence-corrected chi connectivity index (χ0v) is 12.9. The highest BCUT2D eigenvalue weighted by Gasteiger charge is 2.42. The minimum Gasteiger partial charge on any atom is -0.322 e. The molecule has 0 saturated carbocycles. The topological polar surface area (TPSA) is 66.9 Å². The molecule has 1 atom stereocenters. The van der Waals surface area contributed by atoms with Crippen molar-refractivity contribution in [2.75, 3.05) is 11.9 Å². The Bertz CT molecular complexity index is 502. The second kappa shape index (κ2) is 6.19. The zero-order chi connectivity index (χ0) is 15.0. The molecular weight excluding hydrogens is 302 g/mol. The number of hydrogen-bond acceptors (Lipinski definition) is 4. The van der Waals surface area contributed by atoms with Crippen LogP contribution >= 0.6 is 12.4 Å². The van der Waals surface area contributed by atoms with Crippen LogP contribution in [0.15, 0.2) is 12.4 Å². The molecule has 5 nitrogen and oxygen atoms in total. The lowest BCUT2D eigenvalue weighted by atomic mass is 9.96. The molecule has 0 spiro atoms. The summed E-state index contributed by atoms with van der Waals surface area (Å²) >= 11 is 0. The molecule has 0 aromatic carbocycles. The van der Waals surface area contributed by atoms with E-state index in [0.29, 0.717) is 11.5 Å². The third-order valence-corrected chi connectivity index (χ3v) is 3.02. The van der Waals surface area contributed by atoms with E-state index >= 15 is 0 Å². The normalized spacial score (nSPS) is 20.7. The number of rotatable bonds is 2. The number of nitrogens with one attached hydrogen (secondary N) is 2. The van der Waals surface area contributed by atoms with Gasteiger partial charge in [-0.25, -0.2) is 18.7 Å². The van der Waals surface area contributed by atoms with E-state index in [9.17, 15) is 13.6 Å². The van der Waals surface area contributed by atoms with Gasteiger partial charge in [0.1, 0.15) is 5.82 Å². The molecule has 2 N–H and O–H groups in total. The summed E-state index contributed by atoms with van der Waals surface area (Å²) in [7, 11) is 0. The quantitative estimate of drug-likeness (QED) is 0.876. The van der Waals surface area contributed by atoms with E-state index in [-0.39, 0.29) is 17.8 Å². The van der Waals surface area contributed by atoms with Gasteiger partial charge in [-0.05, 0) is 0 Å². The lowest BCUT2D eigenvalue weighted by Crippen LogP contribution is -2.35. The molecule has 0 aliphatic carbocycles. The van der Waals surface area contributed by atoms with Gasteiger partial charge >= 0.3 is 0 Å². The van der Waals surface area contributed by atoms with Crippen molar-refractivity contribution in [3.8, 4) is 0 Å². The van der Waals surface area contributed by atoms with Crippen LogP contribution in [0.3, 0.4) is 0 Å². The van der Waals surface area contributed by atoms with Gasteiger partial charge in [0.25, 0.3) is 5.92 Å². The predicted molar refractivity (Wildman–Crippen MR) is 78.0 cm³/mol. The van der Waals surface area contributed by atoms with Crippen molar-refractivity contribution in [3.63, 3.8) is 0 Å². The van der Waals surface area contributed by atoms with Gasteiger partial charge < -0.3 is 5.32 Å². The number of hydrogen-bond donors (Lipinski definition) is 2. The van der Waals surface area contributed by atoms with E-state index in [2.05, 4.69) is 20.6 Å². The predicted octanol–water partition coefficient (Wildman–Crippen LogP) is 2.13. The van der Waals surface area contributed by atoms with Gasteiger partial charge in [-0.1, -0.05) is 20.8 Å². The Balaban J connectivity index is 0.00000220. The average molecular weight is 321 g/mol. The maximum Gasteiger partial charge on any atom is 0.262 e. The highest BCUT2D eigenvalue weighted by molar-refractivity contribution is 5.94. The van der Waals surface area contributed by atoms with Crippen LogP contribution in [0, 0.1) is 0 Å². The van der Waals surface area contributed by atoms with E-state index in [4.69, 9.17) is 0 Å². The molecule has 2 rings (SSSR count). The minimum absolute atomic E-state index is 0. The van der Waals surface area contributed by atoms with Crippen LogP contribution in [0.25, 0.3) is 0 Å². The summed E-state index contributed by atoms with van der Waals surface area (Å²) in [4.78, 5) is 20.1. The van der Waals surface area contributed by atoms with E-state index in [1.807, 2.05) is 20.8 Å². The van der Waals surface area contributed by atoms with Gasteiger partial charge in [0, 0.05) is 11.8 Å². The Labute approximate surface area is 128 Å². The summed E-state index contributed by atoms with van der Waals surface area (Å²) in [6.07, 6.45) is 2.48. The van der Waals surface area contributed by atoms with Crippen molar-refractivity contribution >= 4 is 24.0 Å². The van der Waals surface area contributed by atoms with Crippen LogP contribution in [0.2, 0.25) is 0 Å². The first-order chi connectivity index (χ1) is 9.17. The van der Waals surface area contributed by atoms with Gasteiger partial charge in [0.05, 0.1) is 30.7 Å². The Morgan fingerprint density at radius 1 is 1.38 bits per heavy atom. The maximum absolute atomic E-state index is 13.0. The summed E-state index contributed by atoms with van der Waals surface area (Å²) in [6, 6.07) is -0.882. The van der Waals surface area contributed by atoms with Crippen LogP contribution in [0.4, 0.5) is 14.5 Å². The fourth-order valence-corrected chi connectivity index (χ4v) is 1.91. The second-order valence-electron chi connectivity index (χ2n) is 6.03. The summed E-state index contributed by atoms with van der Waals surface area (Å²) in [5.41, 5.74) is 0.220. The van der Waals surface area contributed by atoms with Crippen LogP contribution in [0.1, 0.15) is 33.0 Å². The Morgan fingerprint density at radius 2 is 1.95 bits per heavy atom. The highest BCUT2D eigenvalue weighted by atomic mass is 35.5. The van der Waals surface area contributed by atoms with Crippen molar-refractivity contribution in [2.45, 2.75) is 44.6 Å². The van der Waals surface area contributed by atoms with Crippen LogP contribution in [-0.2, 0) is 10.2 Å². The number of aromatic nitrogens is 2. The van der Waals surface area contributed by atoms with Crippen molar-refractivity contribution in [3.05, 3.63) is 18.2 Å². The molecule has 118 valence electrons. The summed E-state index contributed by atoms with van der Waals surface area (Å²) in [5, 5.41) is 5.04. The third kappa shape index (κ3) is 4.57. The number of amides is 1. The van der Waals surface area contributed by atoms with E-state index in [1.165, 1.54) is 12.4 Å². The summed E-state index contributed by atoms with van der Waals surface area (Å²) in [5.74, 6) is -2.66. The molecule has 2 heterocycles. The van der Waals surface area contributed by atoms with Crippen LogP contribution in [0.5, 0.6) is 0 Å². The molecule has 0 bridgehead atoms. The fourth-order valence-electron chi connectivity index (χ4n) is 1.91. The van der Waals surface area contributed by atoms with Crippen LogP contribution < -0.4 is 10.6 Å². The first kappa shape index (κ1) is 17.7. The second-order valence-corrected chi connectivity index (χ2v) is 6.03. The first-order valence-electron chi connectivity index (χ1n) is 6.42. The Hall–Kier alpha value is -1.34. The monoisotopic (exact) mass is 320 g/mol. The highest BCUT2D eigenvalue weighted by Crippen LogP contribution is 2.25. The number of nitrogens with zero attached hydrogens (tertiary/aromatic N) is 2. The Morgan fingerprint density at radius 3 is 2.38 bits per heavy atom. The standard InChI is InChI=1S/C13H18F2N4O.ClH/c1-12(2,3)11-16-5-8(6-17-11)19-10(20)9-4-13(14,15)7-18-9;/h5-6,9,18H,4,7H2,1-3H3,(H,19,20);1H. The number of halogens is 3. The molecule has 21 heavy (non-hydrogen) atoms. The van der Waals surface area contributed by atoms with E-state index in [1.54, 1.807) is 0 Å². The largest absolute Gasteiger partial charge is 0.322 e. The van der Waals surface area contributed by atoms with Crippen molar-refractivity contribution in [1.82, 2.24) is 15.3 Å². The van der Waals surface area contributed by atoms with E-state index < -0.39 is 30.8 Å². The molecule has 1 unspecified atom stereocenters. The molecule has 1 amide bonds. The van der Waals surface area contributed by atoms with Gasteiger partial charge in [0.2, 0.25) is 5.91 Å². The van der Waals surface area contributed by atoms with Crippen LogP contribution in [-0.4, -0.2) is 34.4 Å². The van der Waals surface area contributed by atoms with Gasteiger partial charge in [0.15, 0.2) is 0 Å². The number of alkyl halides is 2. The summed E-state index contributed by atoms with van der Waals surface area (Å²) < 4.78 is 26.0. The van der Waals surface area contributed by atoms with Gasteiger partial charge in [-0.3, -0.25) is 10.1 Å². The smallest absolute Gasteiger partial charge is 0.262 e. The Kier molecular flexibility index (Phi) is 5.22. The first-order valence-corrected chi connectivity index (χ1v) is 6.42. The molecule has 8 heteroatoms. The lowest BCUT2D eigenvalue weighted by Gasteiger charge is -2.16. The number of carbonyl (C=O) groups is 1. The number of anilines is 1. The summed E-state index contributed by atoms with van der Waals surface area (Å²) in [6.45, 7) is 5.46. The maximum atomic E-state index is 13.0. The molecule has 1 aliphatic rings. The van der Waals surface area contributed by atoms with Gasteiger partial charge in [-0.2, -0.15) is 0 Å². The van der Waals surface area contributed by atoms with Crippen molar-refractivity contribution in [1.29, 1.82) is 0 Å². The zero-order valence-electron chi connectivity index (χ0n) is 12.1. The third-order valence-electron chi connectivity index (χ3n) is 3.02. The molecular formula is C13H19ClF2N4O. The molecule has 1 saturated heterocycles. The van der Waals surface area contributed by atoms with Crippen molar-refractivity contribution in [2.24, 2.45) is 0 Å². The average Bonchev–Trinajstić information content (AvgIpc) is 2.69. The van der Waals surface area contributed by atoms with E-state index in [0.717, 1.165) is 0 Å². The molecule has 1 aromatic rings. The van der Waals surface area contributed by atoms with Crippen molar-refractivity contribution < 1.29 is 13.6 Å². The molecule has 1 aromatic heterocycles. The number of carbonyl (C=O) groups excluding carboxylic acids is 1. The SMILES string of the molecule is CC(C)(C)c1ncc(NC(=O)C2CC(F)(F)CN2)cn1.Cl.